The van der Waals surface area contributed by atoms with Crippen LogP contribution in [0.15, 0.2) is 48.5 Å². The summed E-state index contributed by atoms with van der Waals surface area (Å²) in [6.45, 7) is 7.48. The number of hydrogen-bond donors (Lipinski definition) is 1. The van der Waals surface area contributed by atoms with E-state index < -0.39 is 0 Å². The summed E-state index contributed by atoms with van der Waals surface area (Å²) < 4.78 is 5.44. The summed E-state index contributed by atoms with van der Waals surface area (Å²) >= 11 is 0. The maximum absolute atomic E-state index is 12.5. The van der Waals surface area contributed by atoms with Gasteiger partial charge in [0, 0.05) is 12.1 Å². The van der Waals surface area contributed by atoms with Gasteiger partial charge in [-0.1, -0.05) is 29.8 Å². The van der Waals surface area contributed by atoms with Crippen molar-refractivity contribution in [3.05, 3.63) is 65.2 Å². The molecule has 3 rings (SSSR count). The maximum atomic E-state index is 12.5. The van der Waals surface area contributed by atoms with Crippen LogP contribution in [0.1, 0.15) is 47.3 Å². The Morgan fingerprint density at radius 1 is 1.08 bits per heavy atom. The van der Waals surface area contributed by atoms with Crippen molar-refractivity contribution in [1.29, 1.82) is 0 Å². The van der Waals surface area contributed by atoms with Crippen molar-refractivity contribution in [2.45, 2.75) is 32.7 Å². The van der Waals surface area contributed by atoms with E-state index in [0.29, 0.717) is 18.7 Å². The van der Waals surface area contributed by atoms with Crippen LogP contribution in [0, 0.1) is 6.92 Å². The van der Waals surface area contributed by atoms with Crippen molar-refractivity contribution < 1.29 is 9.53 Å². The zero-order valence-corrected chi connectivity index (χ0v) is 15.7. The highest BCUT2D eigenvalue weighted by Gasteiger charge is 2.24. The molecule has 1 aliphatic heterocycles. The summed E-state index contributed by atoms with van der Waals surface area (Å²) in [6, 6.07) is 16.2. The molecule has 0 unspecified atom stereocenters. The third-order valence-electron chi connectivity index (χ3n) is 4.93. The molecule has 26 heavy (non-hydrogen) atoms. The molecule has 1 amide bonds. The van der Waals surface area contributed by atoms with Crippen molar-refractivity contribution in [3.63, 3.8) is 0 Å². The molecule has 1 N–H and O–H groups in total. The van der Waals surface area contributed by atoms with E-state index in [1.54, 1.807) is 0 Å². The minimum atomic E-state index is -0.0376. The second kappa shape index (κ2) is 8.86. The Morgan fingerprint density at radius 3 is 2.35 bits per heavy atom. The molecule has 2 aromatic rings. The van der Waals surface area contributed by atoms with Crippen molar-refractivity contribution in [2.24, 2.45) is 0 Å². The number of carbonyl (C=O) groups excluding carboxylic acids is 1. The van der Waals surface area contributed by atoms with Crippen molar-refractivity contribution >= 4 is 5.91 Å². The zero-order valence-electron chi connectivity index (χ0n) is 15.7. The Morgan fingerprint density at radius 2 is 1.73 bits per heavy atom. The molecule has 2 aromatic carbocycles. The Bertz CT molecular complexity index is 704. The molecular weight excluding hydrogens is 324 g/mol. The zero-order chi connectivity index (χ0) is 18.4. The summed E-state index contributed by atoms with van der Waals surface area (Å²) in [4.78, 5) is 15.0. The molecule has 1 saturated heterocycles. The highest BCUT2D eigenvalue weighted by atomic mass is 16.5. The predicted molar refractivity (Wildman–Crippen MR) is 105 cm³/mol. The SMILES string of the molecule is CCOc1ccc(C(=O)NC[C@H](c2ccc(C)cc2)N2CCCC2)cc1. The first-order chi connectivity index (χ1) is 12.7. The molecule has 0 bridgehead atoms. The van der Waals surface area contributed by atoms with Crippen LogP contribution in [0.25, 0.3) is 0 Å². The molecule has 0 aliphatic carbocycles. The van der Waals surface area contributed by atoms with Crippen LogP contribution < -0.4 is 10.1 Å². The quantitative estimate of drug-likeness (QED) is 0.820. The topological polar surface area (TPSA) is 41.6 Å². The molecule has 0 saturated carbocycles. The molecule has 1 atom stereocenters. The summed E-state index contributed by atoms with van der Waals surface area (Å²) in [5, 5.41) is 3.12. The summed E-state index contributed by atoms with van der Waals surface area (Å²) in [5.74, 6) is 0.753. The van der Waals surface area contributed by atoms with E-state index in [1.165, 1.54) is 24.0 Å². The van der Waals surface area contributed by atoms with E-state index in [4.69, 9.17) is 4.74 Å². The van der Waals surface area contributed by atoms with E-state index >= 15 is 0 Å². The van der Waals surface area contributed by atoms with Gasteiger partial charge in [0.25, 0.3) is 5.91 Å². The molecule has 138 valence electrons. The molecule has 4 heteroatoms. The van der Waals surface area contributed by atoms with Gasteiger partial charge in [0.1, 0.15) is 5.75 Å². The number of likely N-dealkylation sites (tertiary alicyclic amines) is 1. The Labute approximate surface area is 156 Å². The number of rotatable bonds is 7. The highest BCUT2D eigenvalue weighted by molar-refractivity contribution is 5.94. The standard InChI is InChI=1S/C22H28N2O2/c1-3-26-20-12-10-19(11-13-20)22(25)23-16-21(24-14-4-5-15-24)18-8-6-17(2)7-9-18/h6-13,21H,3-5,14-16H2,1-2H3,(H,23,25)/t21-/m1/s1. The largest absolute Gasteiger partial charge is 0.494 e. The summed E-state index contributed by atoms with van der Waals surface area (Å²) in [6.07, 6.45) is 2.46. The monoisotopic (exact) mass is 352 g/mol. The lowest BCUT2D eigenvalue weighted by molar-refractivity contribution is 0.0938. The van der Waals surface area contributed by atoms with Gasteiger partial charge in [-0.25, -0.2) is 0 Å². The van der Waals surface area contributed by atoms with Gasteiger partial charge in [-0.2, -0.15) is 0 Å². The Kier molecular flexibility index (Phi) is 6.29. The number of hydrogen-bond acceptors (Lipinski definition) is 3. The molecule has 0 aromatic heterocycles. The summed E-state index contributed by atoms with van der Waals surface area (Å²) in [7, 11) is 0. The van der Waals surface area contributed by atoms with Crippen LogP contribution in [0.2, 0.25) is 0 Å². The van der Waals surface area contributed by atoms with Gasteiger partial charge < -0.3 is 10.1 Å². The lowest BCUT2D eigenvalue weighted by Gasteiger charge is -2.28. The van der Waals surface area contributed by atoms with Crippen LogP contribution in [0.5, 0.6) is 5.75 Å². The summed E-state index contributed by atoms with van der Waals surface area (Å²) in [5.41, 5.74) is 3.19. The van der Waals surface area contributed by atoms with Crippen LogP contribution >= 0.6 is 0 Å². The fourth-order valence-electron chi connectivity index (χ4n) is 3.46. The second-order valence-corrected chi connectivity index (χ2v) is 6.84. The molecule has 1 aliphatic rings. The highest BCUT2D eigenvalue weighted by Crippen LogP contribution is 2.25. The fourth-order valence-corrected chi connectivity index (χ4v) is 3.46. The number of nitrogens with zero attached hydrogens (tertiary/aromatic N) is 1. The molecular formula is C22H28N2O2. The van der Waals surface area contributed by atoms with Gasteiger partial charge in [0.05, 0.1) is 12.6 Å². The first kappa shape index (κ1) is 18.5. The first-order valence-corrected chi connectivity index (χ1v) is 9.49. The van der Waals surface area contributed by atoms with Gasteiger partial charge in [-0.3, -0.25) is 9.69 Å². The molecule has 1 fully saturated rings. The van der Waals surface area contributed by atoms with Gasteiger partial charge in [0.15, 0.2) is 0 Å². The van der Waals surface area contributed by atoms with Crippen molar-refractivity contribution in [3.8, 4) is 5.75 Å². The van der Waals surface area contributed by atoms with E-state index in [0.717, 1.165) is 18.8 Å². The smallest absolute Gasteiger partial charge is 0.251 e. The first-order valence-electron chi connectivity index (χ1n) is 9.49. The second-order valence-electron chi connectivity index (χ2n) is 6.84. The number of nitrogens with one attached hydrogen (secondary N) is 1. The average Bonchev–Trinajstić information content (AvgIpc) is 3.18. The van der Waals surface area contributed by atoms with Gasteiger partial charge in [-0.15, -0.1) is 0 Å². The molecule has 1 heterocycles. The minimum absolute atomic E-state index is 0.0376. The van der Waals surface area contributed by atoms with E-state index in [9.17, 15) is 4.79 Å². The number of carbonyl (C=O) groups is 1. The number of ether oxygens (including phenoxy) is 1. The Hall–Kier alpha value is -2.33. The lowest BCUT2D eigenvalue weighted by Crippen LogP contribution is -2.36. The minimum Gasteiger partial charge on any atom is -0.494 e. The number of benzene rings is 2. The van der Waals surface area contributed by atoms with Crippen LogP contribution in [-0.2, 0) is 0 Å². The maximum Gasteiger partial charge on any atom is 0.251 e. The van der Waals surface area contributed by atoms with Crippen LogP contribution in [0.3, 0.4) is 0 Å². The molecule has 0 radical (unpaired) electrons. The van der Waals surface area contributed by atoms with Crippen LogP contribution in [-0.4, -0.2) is 37.0 Å². The number of amides is 1. The lowest BCUT2D eigenvalue weighted by atomic mass is 10.0. The average molecular weight is 352 g/mol. The van der Waals surface area contributed by atoms with E-state index in [1.807, 2.05) is 31.2 Å². The van der Waals surface area contributed by atoms with Gasteiger partial charge in [-0.05, 0) is 69.6 Å². The molecule has 4 nitrogen and oxygen atoms in total. The van der Waals surface area contributed by atoms with Crippen molar-refractivity contribution in [2.75, 3.05) is 26.2 Å². The van der Waals surface area contributed by atoms with E-state index in [2.05, 4.69) is 41.4 Å². The number of aryl methyl sites for hydroxylation is 1. The van der Waals surface area contributed by atoms with E-state index in [-0.39, 0.29) is 11.9 Å². The van der Waals surface area contributed by atoms with Gasteiger partial charge in [0.2, 0.25) is 0 Å². The third kappa shape index (κ3) is 4.64. The predicted octanol–water partition coefficient (Wildman–Crippen LogP) is 3.96. The third-order valence-corrected chi connectivity index (χ3v) is 4.93. The molecule has 0 spiro atoms. The normalized spacial score (nSPS) is 15.6. The fraction of sp³-hybridized carbons (Fsp3) is 0.409. The van der Waals surface area contributed by atoms with Crippen molar-refractivity contribution in [1.82, 2.24) is 10.2 Å². The van der Waals surface area contributed by atoms with Gasteiger partial charge >= 0.3 is 0 Å². The Balaban J connectivity index is 1.66. The van der Waals surface area contributed by atoms with Crippen LogP contribution in [0.4, 0.5) is 0 Å².